The van der Waals surface area contributed by atoms with E-state index in [-0.39, 0.29) is 11.9 Å². The summed E-state index contributed by atoms with van der Waals surface area (Å²) in [4.78, 5) is 2.20. The molecule has 0 radical (unpaired) electrons. The van der Waals surface area contributed by atoms with Gasteiger partial charge in [-0.2, -0.15) is 0 Å². The monoisotopic (exact) mass is 274 g/mol. The molecule has 2 atom stereocenters. The Labute approximate surface area is 118 Å². The molecule has 0 fully saturated rings. The van der Waals surface area contributed by atoms with Crippen LogP contribution in [0.5, 0.6) is 0 Å². The molecule has 0 aliphatic carbocycles. The summed E-state index contributed by atoms with van der Waals surface area (Å²) >= 11 is 0. The summed E-state index contributed by atoms with van der Waals surface area (Å²) < 4.78 is 15.9. The molecule has 3 nitrogen and oxygen atoms in total. The minimum absolute atomic E-state index is 0.236. The third-order valence-electron chi connectivity index (χ3n) is 4.14. The highest BCUT2D eigenvalue weighted by Gasteiger charge is 2.26. The second-order valence-corrected chi connectivity index (χ2v) is 5.33. The van der Waals surface area contributed by atoms with Crippen LogP contribution in [-0.2, 0) is 6.54 Å². The van der Waals surface area contributed by atoms with Gasteiger partial charge in [0, 0.05) is 43.1 Å². The zero-order chi connectivity index (χ0) is 14.1. The molecule has 1 aromatic heterocycles. The van der Waals surface area contributed by atoms with Gasteiger partial charge in [0.1, 0.15) is 5.82 Å². The Bertz CT molecular complexity index is 596. The number of fused-ring (bicyclic) bond motifs is 1. The van der Waals surface area contributed by atoms with Gasteiger partial charge in [0.15, 0.2) is 0 Å². The number of benzene rings is 1. The molecule has 0 amide bonds. The zero-order valence-corrected chi connectivity index (χ0v) is 11.5. The molecule has 0 unspecified atom stereocenters. The van der Waals surface area contributed by atoms with E-state index in [1.165, 1.54) is 11.8 Å². The predicted octanol–water partition coefficient (Wildman–Crippen LogP) is 2.74. The minimum Gasteiger partial charge on any atom is -0.387 e. The molecule has 1 aliphatic rings. The van der Waals surface area contributed by atoms with E-state index in [1.807, 2.05) is 6.07 Å². The van der Waals surface area contributed by atoms with Gasteiger partial charge in [-0.3, -0.25) is 4.90 Å². The number of halogens is 1. The van der Waals surface area contributed by atoms with Crippen molar-refractivity contribution in [1.82, 2.24) is 9.47 Å². The molecule has 0 bridgehead atoms. The number of aromatic nitrogens is 1. The lowest BCUT2D eigenvalue weighted by molar-refractivity contribution is 0.0740. The first-order valence-electron chi connectivity index (χ1n) is 6.98. The molecular weight excluding hydrogens is 255 g/mol. The molecule has 4 heteroatoms. The van der Waals surface area contributed by atoms with E-state index in [2.05, 4.69) is 28.7 Å². The van der Waals surface area contributed by atoms with Crippen LogP contribution in [0.2, 0.25) is 0 Å². The third kappa shape index (κ3) is 2.37. The Hall–Kier alpha value is -1.65. The fourth-order valence-electron chi connectivity index (χ4n) is 2.94. The second kappa shape index (κ2) is 5.38. The molecule has 0 saturated carbocycles. The second-order valence-electron chi connectivity index (χ2n) is 5.33. The largest absolute Gasteiger partial charge is 0.387 e. The van der Waals surface area contributed by atoms with Crippen LogP contribution in [0, 0.1) is 5.82 Å². The molecule has 1 aliphatic heterocycles. The van der Waals surface area contributed by atoms with Crippen molar-refractivity contribution in [2.45, 2.75) is 25.6 Å². The number of hydrogen-bond donors (Lipinski definition) is 1. The van der Waals surface area contributed by atoms with Crippen LogP contribution >= 0.6 is 0 Å². The highest BCUT2D eigenvalue weighted by Crippen LogP contribution is 2.28. The highest BCUT2D eigenvalue weighted by molar-refractivity contribution is 5.20. The van der Waals surface area contributed by atoms with E-state index in [9.17, 15) is 9.50 Å². The van der Waals surface area contributed by atoms with E-state index in [4.69, 9.17) is 0 Å². The SMILES string of the molecule is C[C@H]1c2cccn2CCN1C[C@H](O)c1ccccc1F. The molecule has 1 aromatic carbocycles. The lowest BCUT2D eigenvalue weighted by Crippen LogP contribution is -2.39. The Kier molecular flexibility index (Phi) is 3.59. The lowest BCUT2D eigenvalue weighted by Gasteiger charge is -2.36. The molecule has 0 saturated heterocycles. The topological polar surface area (TPSA) is 28.4 Å². The van der Waals surface area contributed by atoms with Gasteiger partial charge in [0.25, 0.3) is 0 Å². The molecule has 20 heavy (non-hydrogen) atoms. The average Bonchev–Trinajstić information content (AvgIpc) is 2.91. The molecule has 106 valence electrons. The first-order chi connectivity index (χ1) is 9.66. The molecule has 2 aromatic rings. The van der Waals surface area contributed by atoms with E-state index < -0.39 is 6.10 Å². The summed E-state index contributed by atoms with van der Waals surface area (Å²) in [5.74, 6) is -0.340. The van der Waals surface area contributed by atoms with Gasteiger partial charge in [0.05, 0.1) is 6.10 Å². The zero-order valence-electron chi connectivity index (χ0n) is 11.5. The third-order valence-corrected chi connectivity index (χ3v) is 4.14. The number of rotatable bonds is 3. The Morgan fingerprint density at radius 3 is 2.85 bits per heavy atom. The molecular formula is C16H19FN2O. The van der Waals surface area contributed by atoms with Gasteiger partial charge in [-0.05, 0) is 25.1 Å². The number of β-amino-alcohol motifs (C(OH)–C–C–N with tert-alkyl or cyclic N) is 1. The Morgan fingerprint density at radius 2 is 2.05 bits per heavy atom. The van der Waals surface area contributed by atoms with Gasteiger partial charge >= 0.3 is 0 Å². The maximum Gasteiger partial charge on any atom is 0.129 e. The normalized spacial score (nSPS) is 20.6. The van der Waals surface area contributed by atoms with Crippen LogP contribution < -0.4 is 0 Å². The summed E-state index contributed by atoms with van der Waals surface area (Å²) in [5.41, 5.74) is 1.62. The summed E-state index contributed by atoms with van der Waals surface area (Å²) in [6.07, 6.45) is 1.29. The quantitative estimate of drug-likeness (QED) is 0.932. The van der Waals surface area contributed by atoms with Crippen LogP contribution in [0.25, 0.3) is 0 Å². The number of nitrogens with zero attached hydrogens (tertiary/aromatic N) is 2. The predicted molar refractivity (Wildman–Crippen MR) is 75.8 cm³/mol. The van der Waals surface area contributed by atoms with Crippen molar-refractivity contribution in [3.05, 3.63) is 59.7 Å². The highest BCUT2D eigenvalue weighted by atomic mass is 19.1. The maximum absolute atomic E-state index is 13.7. The fraction of sp³-hybridized carbons (Fsp3) is 0.375. The van der Waals surface area contributed by atoms with Crippen molar-refractivity contribution < 1.29 is 9.50 Å². The van der Waals surface area contributed by atoms with Crippen molar-refractivity contribution in [2.75, 3.05) is 13.1 Å². The Balaban J connectivity index is 1.74. The molecule has 1 N–H and O–H groups in total. The number of aliphatic hydroxyl groups is 1. The summed E-state index contributed by atoms with van der Waals surface area (Å²) in [7, 11) is 0. The van der Waals surface area contributed by atoms with Gasteiger partial charge in [-0.25, -0.2) is 4.39 Å². The van der Waals surface area contributed by atoms with Crippen LogP contribution in [0.4, 0.5) is 4.39 Å². The molecule has 3 rings (SSSR count). The first kappa shape index (κ1) is 13.3. The minimum atomic E-state index is -0.792. The maximum atomic E-state index is 13.7. The van der Waals surface area contributed by atoms with E-state index in [1.54, 1.807) is 18.2 Å². The van der Waals surface area contributed by atoms with Crippen LogP contribution in [0.15, 0.2) is 42.6 Å². The molecule has 0 spiro atoms. The van der Waals surface area contributed by atoms with Crippen molar-refractivity contribution in [2.24, 2.45) is 0 Å². The van der Waals surface area contributed by atoms with E-state index in [0.29, 0.717) is 12.1 Å². The van der Waals surface area contributed by atoms with Crippen molar-refractivity contribution >= 4 is 0 Å². The standard InChI is InChI=1S/C16H19FN2O/c1-12-15-7-4-8-18(15)9-10-19(12)11-16(20)13-5-2-3-6-14(13)17/h2-8,12,16,20H,9-11H2,1H3/t12-,16-/m0/s1. The van der Waals surface area contributed by atoms with Gasteiger partial charge in [0.2, 0.25) is 0 Å². The van der Waals surface area contributed by atoms with Crippen LogP contribution in [0.3, 0.4) is 0 Å². The van der Waals surface area contributed by atoms with Gasteiger partial charge < -0.3 is 9.67 Å². The fourth-order valence-corrected chi connectivity index (χ4v) is 2.94. The number of hydrogen-bond acceptors (Lipinski definition) is 2. The van der Waals surface area contributed by atoms with Gasteiger partial charge in [-0.1, -0.05) is 18.2 Å². The van der Waals surface area contributed by atoms with E-state index >= 15 is 0 Å². The van der Waals surface area contributed by atoms with Gasteiger partial charge in [-0.15, -0.1) is 0 Å². The lowest BCUT2D eigenvalue weighted by atomic mass is 10.1. The average molecular weight is 274 g/mol. The van der Waals surface area contributed by atoms with Crippen molar-refractivity contribution in [1.29, 1.82) is 0 Å². The van der Waals surface area contributed by atoms with Crippen LogP contribution in [0.1, 0.15) is 30.3 Å². The van der Waals surface area contributed by atoms with Crippen molar-refractivity contribution in [3.63, 3.8) is 0 Å². The molecule has 2 heterocycles. The number of aliphatic hydroxyl groups excluding tert-OH is 1. The Morgan fingerprint density at radius 1 is 1.25 bits per heavy atom. The van der Waals surface area contributed by atoms with Crippen LogP contribution in [-0.4, -0.2) is 27.7 Å². The summed E-state index contributed by atoms with van der Waals surface area (Å²) in [6, 6.07) is 10.8. The first-order valence-corrected chi connectivity index (χ1v) is 6.98. The summed E-state index contributed by atoms with van der Waals surface area (Å²) in [6.45, 7) is 4.36. The summed E-state index contributed by atoms with van der Waals surface area (Å²) in [5, 5.41) is 10.3. The smallest absolute Gasteiger partial charge is 0.129 e. The van der Waals surface area contributed by atoms with Crippen molar-refractivity contribution in [3.8, 4) is 0 Å². The van der Waals surface area contributed by atoms with E-state index in [0.717, 1.165) is 13.1 Å².